The second kappa shape index (κ2) is 6.24. The van der Waals surface area contributed by atoms with Crippen molar-refractivity contribution in [3.05, 3.63) is 59.7 Å². The summed E-state index contributed by atoms with van der Waals surface area (Å²) in [6.45, 7) is 5.77. The van der Waals surface area contributed by atoms with Crippen molar-refractivity contribution in [1.29, 1.82) is 0 Å². The summed E-state index contributed by atoms with van der Waals surface area (Å²) < 4.78 is 5.75. The molecule has 0 aromatic heterocycles. The number of benzene rings is 2. The molecule has 1 amide bonds. The molecule has 1 atom stereocenters. The van der Waals surface area contributed by atoms with Crippen molar-refractivity contribution in [2.75, 3.05) is 5.32 Å². The number of hydrogen-bond acceptors (Lipinski definition) is 2. The van der Waals surface area contributed by atoms with E-state index in [1.165, 1.54) is 0 Å². The highest BCUT2D eigenvalue weighted by Crippen LogP contribution is 2.22. The van der Waals surface area contributed by atoms with E-state index in [9.17, 15) is 4.79 Å². The van der Waals surface area contributed by atoms with Gasteiger partial charge in [-0.3, -0.25) is 4.79 Å². The molecule has 0 saturated heterocycles. The lowest BCUT2D eigenvalue weighted by atomic mass is 10.1. The van der Waals surface area contributed by atoms with E-state index < -0.39 is 6.10 Å². The first-order chi connectivity index (χ1) is 9.58. The highest BCUT2D eigenvalue weighted by Gasteiger charge is 2.16. The van der Waals surface area contributed by atoms with Gasteiger partial charge in [0.1, 0.15) is 5.75 Å². The summed E-state index contributed by atoms with van der Waals surface area (Å²) in [4.78, 5) is 12.1. The summed E-state index contributed by atoms with van der Waals surface area (Å²) in [6, 6.07) is 15.2. The zero-order valence-electron chi connectivity index (χ0n) is 12.0. The van der Waals surface area contributed by atoms with Crippen molar-refractivity contribution in [2.24, 2.45) is 0 Å². The third-order valence-electron chi connectivity index (χ3n) is 3.27. The average molecular weight is 269 g/mol. The van der Waals surface area contributed by atoms with Gasteiger partial charge < -0.3 is 10.1 Å². The lowest BCUT2D eigenvalue weighted by Crippen LogP contribution is -2.30. The second-order valence-electron chi connectivity index (χ2n) is 4.81. The fraction of sp³-hybridized carbons (Fsp3) is 0.235. The van der Waals surface area contributed by atoms with Crippen LogP contribution >= 0.6 is 0 Å². The summed E-state index contributed by atoms with van der Waals surface area (Å²) >= 11 is 0. The van der Waals surface area contributed by atoms with Crippen molar-refractivity contribution < 1.29 is 9.53 Å². The molecule has 0 aliphatic carbocycles. The number of nitrogens with one attached hydrogen (secondary N) is 1. The molecular formula is C17H19NO2. The summed E-state index contributed by atoms with van der Waals surface area (Å²) in [5, 5.41) is 2.83. The van der Waals surface area contributed by atoms with Crippen LogP contribution in [0.5, 0.6) is 5.75 Å². The molecule has 1 N–H and O–H groups in total. The topological polar surface area (TPSA) is 38.3 Å². The van der Waals surface area contributed by atoms with Crippen molar-refractivity contribution in [1.82, 2.24) is 0 Å². The van der Waals surface area contributed by atoms with Gasteiger partial charge in [-0.25, -0.2) is 0 Å². The Morgan fingerprint density at radius 1 is 1.05 bits per heavy atom. The van der Waals surface area contributed by atoms with E-state index in [-0.39, 0.29) is 5.91 Å². The molecule has 0 fully saturated rings. The number of aryl methyl sites for hydroxylation is 1. The van der Waals surface area contributed by atoms with Crippen LogP contribution in [0, 0.1) is 13.8 Å². The number of para-hydroxylation sites is 1. The molecule has 2 aromatic rings. The van der Waals surface area contributed by atoms with Gasteiger partial charge in [-0.2, -0.15) is 0 Å². The van der Waals surface area contributed by atoms with Gasteiger partial charge in [0.25, 0.3) is 5.91 Å². The van der Waals surface area contributed by atoms with E-state index in [0.717, 1.165) is 22.6 Å². The number of carbonyl (C=O) groups is 1. The van der Waals surface area contributed by atoms with Gasteiger partial charge in [0.15, 0.2) is 6.10 Å². The maximum absolute atomic E-state index is 12.1. The number of anilines is 1. The fourth-order valence-corrected chi connectivity index (χ4v) is 1.86. The van der Waals surface area contributed by atoms with Gasteiger partial charge in [0.05, 0.1) is 0 Å². The predicted octanol–water partition coefficient (Wildman–Crippen LogP) is 3.71. The van der Waals surface area contributed by atoms with Crippen LogP contribution in [0.15, 0.2) is 48.5 Å². The molecule has 0 unspecified atom stereocenters. The highest BCUT2D eigenvalue weighted by molar-refractivity contribution is 5.94. The minimum absolute atomic E-state index is 0.155. The highest BCUT2D eigenvalue weighted by atomic mass is 16.5. The van der Waals surface area contributed by atoms with E-state index >= 15 is 0 Å². The molecule has 0 aliphatic heterocycles. The van der Waals surface area contributed by atoms with Crippen LogP contribution in [0.4, 0.5) is 5.69 Å². The van der Waals surface area contributed by atoms with Gasteiger partial charge in [0.2, 0.25) is 0 Å². The first-order valence-electron chi connectivity index (χ1n) is 6.66. The number of hydrogen-bond donors (Lipinski definition) is 1. The van der Waals surface area contributed by atoms with E-state index in [4.69, 9.17) is 4.74 Å². The quantitative estimate of drug-likeness (QED) is 0.919. The number of carbonyl (C=O) groups excluding carboxylic acids is 1. The van der Waals surface area contributed by atoms with Gasteiger partial charge in [-0.15, -0.1) is 0 Å². The maximum atomic E-state index is 12.1. The Labute approximate surface area is 119 Å². The molecule has 104 valence electrons. The first-order valence-corrected chi connectivity index (χ1v) is 6.66. The molecule has 2 rings (SSSR count). The molecule has 0 radical (unpaired) electrons. The number of amides is 1. The van der Waals surface area contributed by atoms with Crippen molar-refractivity contribution in [2.45, 2.75) is 26.9 Å². The molecule has 2 aromatic carbocycles. The van der Waals surface area contributed by atoms with Crippen LogP contribution in [0.1, 0.15) is 18.1 Å². The molecule has 0 heterocycles. The van der Waals surface area contributed by atoms with Gasteiger partial charge in [-0.1, -0.05) is 30.3 Å². The Kier molecular flexibility index (Phi) is 4.41. The largest absolute Gasteiger partial charge is 0.481 e. The Morgan fingerprint density at radius 2 is 1.75 bits per heavy atom. The van der Waals surface area contributed by atoms with E-state index in [1.807, 2.05) is 62.4 Å². The Morgan fingerprint density at radius 3 is 2.45 bits per heavy atom. The molecule has 3 heteroatoms. The molecule has 0 saturated carbocycles. The summed E-state index contributed by atoms with van der Waals surface area (Å²) in [5.74, 6) is 0.595. The van der Waals surface area contributed by atoms with Gasteiger partial charge >= 0.3 is 0 Å². The first kappa shape index (κ1) is 14.1. The van der Waals surface area contributed by atoms with Gasteiger partial charge in [-0.05, 0) is 50.1 Å². The molecular weight excluding hydrogens is 250 g/mol. The Hall–Kier alpha value is -2.29. The monoisotopic (exact) mass is 269 g/mol. The van der Waals surface area contributed by atoms with E-state index in [1.54, 1.807) is 6.92 Å². The third kappa shape index (κ3) is 3.38. The molecule has 0 aliphatic rings. The lowest BCUT2D eigenvalue weighted by molar-refractivity contribution is -0.122. The van der Waals surface area contributed by atoms with Crippen molar-refractivity contribution in [3.8, 4) is 5.75 Å². The average Bonchev–Trinajstić information content (AvgIpc) is 2.45. The normalized spacial score (nSPS) is 11.8. The smallest absolute Gasteiger partial charge is 0.265 e. The van der Waals surface area contributed by atoms with E-state index in [2.05, 4.69) is 5.32 Å². The van der Waals surface area contributed by atoms with Crippen molar-refractivity contribution in [3.63, 3.8) is 0 Å². The van der Waals surface area contributed by atoms with Crippen molar-refractivity contribution >= 4 is 11.6 Å². The van der Waals surface area contributed by atoms with Crippen LogP contribution in [-0.2, 0) is 4.79 Å². The fourth-order valence-electron chi connectivity index (χ4n) is 1.86. The lowest BCUT2D eigenvalue weighted by Gasteiger charge is -2.17. The van der Waals surface area contributed by atoms with Gasteiger partial charge in [0, 0.05) is 5.69 Å². The van der Waals surface area contributed by atoms with Crippen LogP contribution in [-0.4, -0.2) is 12.0 Å². The SMILES string of the molecule is Cc1cccc(O[C@@H](C)C(=O)Nc2ccccc2)c1C. The second-order valence-corrected chi connectivity index (χ2v) is 4.81. The standard InChI is InChI=1S/C17H19NO2/c1-12-8-7-11-16(13(12)2)20-14(3)17(19)18-15-9-5-4-6-10-15/h4-11,14H,1-3H3,(H,18,19)/t14-/m0/s1. The summed E-state index contributed by atoms with van der Waals surface area (Å²) in [6.07, 6.45) is -0.546. The Balaban J connectivity index is 2.03. The minimum Gasteiger partial charge on any atom is -0.481 e. The summed E-state index contributed by atoms with van der Waals surface area (Å²) in [5.41, 5.74) is 2.99. The predicted molar refractivity (Wildman–Crippen MR) is 81.1 cm³/mol. The van der Waals surface area contributed by atoms with E-state index in [0.29, 0.717) is 0 Å². The number of ether oxygens (including phenoxy) is 1. The molecule has 0 bridgehead atoms. The molecule has 0 spiro atoms. The molecule has 20 heavy (non-hydrogen) atoms. The summed E-state index contributed by atoms with van der Waals surface area (Å²) in [7, 11) is 0. The third-order valence-corrected chi connectivity index (χ3v) is 3.27. The number of rotatable bonds is 4. The van der Waals surface area contributed by atoms with Crippen LogP contribution in [0.2, 0.25) is 0 Å². The zero-order valence-corrected chi connectivity index (χ0v) is 12.0. The Bertz CT molecular complexity index is 593. The van der Waals surface area contributed by atoms with Crippen LogP contribution in [0.3, 0.4) is 0 Å². The van der Waals surface area contributed by atoms with Crippen LogP contribution in [0.25, 0.3) is 0 Å². The zero-order chi connectivity index (χ0) is 14.5. The maximum Gasteiger partial charge on any atom is 0.265 e. The molecule has 3 nitrogen and oxygen atoms in total. The minimum atomic E-state index is -0.546. The van der Waals surface area contributed by atoms with Crippen LogP contribution < -0.4 is 10.1 Å².